The fourth-order valence-corrected chi connectivity index (χ4v) is 2.94. The van der Waals surface area contributed by atoms with Crippen molar-refractivity contribution in [3.8, 4) is 17.2 Å². The Bertz CT molecular complexity index is 934. The van der Waals surface area contributed by atoms with Gasteiger partial charge in [0.05, 0.1) is 19.8 Å². The first-order valence-electron chi connectivity index (χ1n) is 9.51. The molecule has 0 aliphatic heterocycles. The third kappa shape index (κ3) is 4.74. The van der Waals surface area contributed by atoms with E-state index in [9.17, 15) is 4.79 Å². The molecule has 3 aromatic carbocycles. The molecule has 28 heavy (non-hydrogen) atoms. The average Bonchev–Trinajstić information content (AvgIpc) is 2.72. The number of rotatable bonds is 9. The van der Waals surface area contributed by atoms with E-state index in [0.29, 0.717) is 43.4 Å². The van der Waals surface area contributed by atoms with Gasteiger partial charge in [0, 0.05) is 10.9 Å². The number of benzene rings is 3. The van der Waals surface area contributed by atoms with E-state index in [4.69, 9.17) is 14.2 Å². The van der Waals surface area contributed by atoms with Crippen molar-refractivity contribution in [1.29, 1.82) is 0 Å². The minimum absolute atomic E-state index is 0.175. The van der Waals surface area contributed by atoms with Gasteiger partial charge < -0.3 is 19.5 Å². The monoisotopic (exact) mass is 379 g/mol. The number of fused-ring (bicyclic) bond motifs is 1. The molecular weight excluding hydrogens is 354 g/mol. The first kappa shape index (κ1) is 19.5. The molecule has 3 rings (SSSR count). The number of amides is 1. The zero-order chi connectivity index (χ0) is 19.8. The lowest BCUT2D eigenvalue weighted by atomic mass is 10.1. The summed E-state index contributed by atoms with van der Waals surface area (Å²) in [6.45, 7) is 5.63. The average molecular weight is 379 g/mol. The van der Waals surface area contributed by atoms with Crippen molar-refractivity contribution in [1.82, 2.24) is 5.32 Å². The highest BCUT2D eigenvalue weighted by molar-refractivity contribution is 5.95. The highest BCUT2D eigenvalue weighted by Crippen LogP contribution is 2.28. The summed E-state index contributed by atoms with van der Waals surface area (Å²) in [7, 11) is 0. The molecule has 5 nitrogen and oxygen atoms in total. The molecule has 0 bridgehead atoms. The second-order valence-electron chi connectivity index (χ2n) is 6.11. The first-order chi connectivity index (χ1) is 13.7. The molecule has 0 spiro atoms. The SMILES string of the molecule is CCOc1ccc(C(=O)NCCOc2cccc3ccccc23)cc1OCC. The Morgan fingerprint density at radius 1 is 0.821 bits per heavy atom. The number of nitrogens with one attached hydrogen (secondary N) is 1. The third-order valence-electron chi connectivity index (χ3n) is 4.20. The second-order valence-corrected chi connectivity index (χ2v) is 6.11. The summed E-state index contributed by atoms with van der Waals surface area (Å²) in [5.41, 5.74) is 0.525. The van der Waals surface area contributed by atoms with Gasteiger partial charge in [0.1, 0.15) is 12.4 Å². The van der Waals surface area contributed by atoms with E-state index in [1.807, 2.05) is 56.3 Å². The van der Waals surface area contributed by atoms with Crippen LogP contribution in [0.1, 0.15) is 24.2 Å². The van der Waals surface area contributed by atoms with Gasteiger partial charge in [-0.15, -0.1) is 0 Å². The van der Waals surface area contributed by atoms with E-state index >= 15 is 0 Å². The van der Waals surface area contributed by atoms with E-state index in [-0.39, 0.29) is 5.91 Å². The Balaban J connectivity index is 1.57. The molecule has 0 heterocycles. The van der Waals surface area contributed by atoms with Gasteiger partial charge in [0.15, 0.2) is 11.5 Å². The predicted octanol–water partition coefficient (Wildman–Crippen LogP) is 4.45. The van der Waals surface area contributed by atoms with Crippen LogP contribution in [0, 0.1) is 0 Å². The summed E-state index contributed by atoms with van der Waals surface area (Å²) < 4.78 is 17.0. The molecule has 0 aliphatic rings. The van der Waals surface area contributed by atoms with Gasteiger partial charge in [-0.25, -0.2) is 0 Å². The van der Waals surface area contributed by atoms with Gasteiger partial charge in [-0.05, 0) is 43.5 Å². The van der Waals surface area contributed by atoms with E-state index in [0.717, 1.165) is 16.5 Å². The summed E-state index contributed by atoms with van der Waals surface area (Å²) in [6.07, 6.45) is 0. The highest BCUT2D eigenvalue weighted by Gasteiger charge is 2.11. The van der Waals surface area contributed by atoms with Crippen LogP contribution in [0.5, 0.6) is 17.2 Å². The van der Waals surface area contributed by atoms with Crippen LogP contribution in [-0.4, -0.2) is 32.3 Å². The van der Waals surface area contributed by atoms with Crippen LogP contribution in [0.25, 0.3) is 10.8 Å². The van der Waals surface area contributed by atoms with Gasteiger partial charge in [0.2, 0.25) is 0 Å². The molecule has 0 atom stereocenters. The normalized spacial score (nSPS) is 10.5. The maximum absolute atomic E-state index is 12.4. The molecule has 0 fully saturated rings. The maximum atomic E-state index is 12.4. The second kappa shape index (κ2) is 9.65. The predicted molar refractivity (Wildman–Crippen MR) is 111 cm³/mol. The molecule has 0 radical (unpaired) electrons. The van der Waals surface area contributed by atoms with E-state index in [2.05, 4.69) is 5.32 Å². The molecule has 3 aromatic rings. The Labute approximate surface area is 165 Å². The van der Waals surface area contributed by atoms with Crippen LogP contribution in [0.3, 0.4) is 0 Å². The Morgan fingerprint density at radius 3 is 2.39 bits per heavy atom. The van der Waals surface area contributed by atoms with Crippen LogP contribution in [0.15, 0.2) is 60.7 Å². The van der Waals surface area contributed by atoms with Crippen LogP contribution < -0.4 is 19.5 Å². The van der Waals surface area contributed by atoms with Crippen molar-refractivity contribution >= 4 is 16.7 Å². The van der Waals surface area contributed by atoms with Crippen LogP contribution >= 0.6 is 0 Å². The molecule has 5 heteroatoms. The minimum atomic E-state index is -0.175. The smallest absolute Gasteiger partial charge is 0.251 e. The molecule has 0 saturated heterocycles. The maximum Gasteiger partial charge on any atom is 0.251 e. The number of ether oxygens (including phenoxy) is 3. The molecule has 0 saturated carbocycles. The third-order valence-corrected chi connectivity index (χ3v) is 4.20. The Kier molecular flexibility index (Phi) is 6.73. The van der Waals surface area contributed by atoms with Gasteiger partial charge in [-0.2, -0.15) is 0 Å². The molecule has 1 amide bonds. The zero-order valence-corrected chi connectivity index (χ0v) is 16.2. The first-order valence-corrected chi connectivity index (χ1v) is 9.51. The number of carbonyl (C=O) groups excluding carboxylic acids is 1. The van der Waals surface area contributed by atoms with Crippen LogP contribution in [0.4, 0.5) is 0 Å². The highest BCUT2D eigenvalue weighted by atomic mass is 16.5. The van der Waals surface area contributed by atoms with E-state index in [1.54, 1.807) is 18.2 Å². The van der Waals surface area contributed by atoms with Crippen molar-refractivity contribution in [2.75, 3.05) is 26.4 Å². The fourth-order valence-electron chi connectivity index (χ4n) is 2.94. The van der Waals surface area contributed by atoms with Crippen molar-refractivity contribution in [2.45, 2.75) is 13.8 Å². The topological polar surface area (TPSA) is 56.8 Å². The van der Waals surface area contributed by atoms with Gasteiger partial charge >= 0.3 is 0 Å². The minimum Gasteiger partial charge on any atom is -0.491 e. The molecule has 146 valence electrons. The van der Waals surface area contributed by atoms with Crippen molar-refractivity contribution in [3.63, 3.8) is 0 Å². The number of hydrogen-bond donors (Lipinski definition) is 1. The number of hydrogen-bond acceptors (Lipinski definition) is 4. The molecule has 0 unspecified atom stereocenters. The zero-order valence-electron chi connectivity index (χ0n) is 16.2. The molecule has 1 N–H and O–H groups in total. The Morgan fingerprint density at radius 2 is 1.57 bits per heavy atom. The van der Waals surface area contributed by atoms with Gasteiger partial charge in [-0.1, -0.05) is 36.4 Å². The summed E-state index contributed by atoms with van der Waals surface area (Å²) in [5, 5.41) is 5.06. The molecule has 0 aliphatic carbocycles. The lowest BCUT2D eigenvalue weighted by Gasteiger charge is -2.13. The van der Waals surface area contributed by atoms with Gasteiger partial charge in [0.25, 0.3) is 5.91 Å². The standard InChI is InChI=1S/C23H25NO4/c1-3-26-21-13-12-18(16-22(21)27-4-2)23(25)24-14-15-28-20-11-7-9-17-8-5-6-10-19(17)20/h5-13,16H,3-4,14-15H2,1-2H3,(H,24,25). The summed E-state index contributed by atoms with van der Waals surface area (Å²) >= 11 is 0. The van der Waals surface area contributed by atoms with E-state index < -0.39 is 0 Å². The van der Waals surface area contributed by atoms with Crippen molar-refractivity contribution in [3.05, 3.63) is 66.2 Å². The van der Waals surface area contributed by atoms with Crippen molar-refractivity contribution < 1.29 is 19.0 Å². The van der Waals surface area contributed by atoms with E-state index in [1.165, 1.54) is 0 Å². The summed E-state index contributed by atoms with van der Waals surface area (Å²) in [6, 6.07) is 19.2. The Hall–Kier alpha value is -3.21. The molecular formula is C23H25NO4. The lowest BCUT2D eigenvalue weighted by Crippen LogP contribution is -2.28. The van der Waals surface area contributed by atoms with Gasteiger partial charge in [-0.3, -0.25) is 4.79 Å². The van der Waals surface area contributed by atoms with Crippen LogP contribution in [0.2, 0.25) is 0 Å². The molecule has 0 aromatic heterocycles. The number of carbonyl (C=O) groups is 1. The largest absolute Gasteiger partial charge is 0.491 e. The summed E-state index contributed by atoms with van der Waals surface area (Å²) in [5.74, 6) is 1.85. The summed E-state index contributed by atoms with van der Waals surface area (Å²) in [4.78, 5) is 12.4. The lowest BCUT2D eigenvalue weighted by molar-refractivity contribution is 0.0946. The fraction of sp³-hybridized carbons (Fsp3) is 0.261. The van der Waals surface area contributed by atoms with Crippen molar-refractivity contribution in [2.24, 2.45) is 0 Å². The van der Waals surface area contributed by atoms with Crippen LogP contribution in [-0.2, 0) is 0 Å². The quantitative estimate of drug-likeness (QED) is 0.558.